The van der Waals surface area contributed by atoms with Crippen LogP contribution < -0.4 is 16.6 Å². The van der Waals surface area contributed by atoms with Crippen LogP contribution in [0.3, 0.4) is 0 Å². The van der Waals surface area contributed by atoms with Crippen molar-refractivity contribution in [2.75, 3.05) is 23.0 Å². The Bertz CT molecular complexity index is 389. The fourth-order valence-corrected chi connectivity index (χ4v) is 3.27. The highest BCUT2D eigenvalue weighted by atomic mass is 32.2. The molecule has 6 heteroatoms. The summed E-state index contributed by atoms with van der Waals surface area (Å²) in [6, 6.07) is 0. The molecule has 0 saturated carbocycles. The van der Waals surface area contributed by atoms with Crippen LogP contribution in [-0.4, -0.2) is 27.0 Å². The average molecular weight is 253 g/mol. The Labute approximate surface area is 106 Å². The lowest BCUT2D eigenvalue weighted by Crippen LogP contribution is -2.27. The van der Waals surface area contributed by atoms with Crippen LogP contribution in [0, 0.1) is 6.92 Å². The van der Waals surface area contributed by atoms with Crippen molar-refractivity contribution < 1.29 is 0 Å². The number of hydrogen-bond donors (Lipinski definition) is 3. The Morgan fingerprint density at radius 3 is 2.88 bits per heavy atom. The van der Waals surface area contributed by atoms with E-state index in [-0.39, 0.29) is 0 Å². The van der Waals surface area contributed by atoms with E-state index in [2.05, 4.69) is 27.6 Å². The van der Waals surface area contributed by atoms with Crippen LogP contribution in [0.25, 0.3) is 0 Å². The predicted molar refractivity (Wildman–Crippen MR) is 73.2 cm³/mol. The van der Waals surface area contributed by atoms with Gasteiger partial charge in [-0.1, -0.05) is 0 Å². The van der Waals surface area contributed by atoms with Crippen molar-refractivity contribution >= 4 is 23.4 Å². The average Bonchev–Trinajstić information content (AvgIpc) is 2.75. The minimum absolute atomic E-state index is 0.327. The van der Waals surface area contributed by atoms with Gasteiger partial charge in [-0.2, -0.15) is 11.8 Å². The molecule has 0 bridgehead atoms. The molecule has 0 radical (unpaired) electrons. The van der Waals surface area contributed by atoms with Gasteiger partial charge in [0.25, 0.3) is 0 Å². The topological polar surface area (TPSA) is 75.9 Å². The zero-order valence-electron chi connectivity index (χ0n) is 10.3. The van der Waals surface area contributed by atoms with Gasteiger partial charge in [0, 0.05) is 16.9 Å². The lowest BCUT2D eigenvalue weighted by molar-refractivity contribution is 0.633. The molecule has 17 heavy (non-hydrogen) atoms. The normalized spacial score (nSPS) is 23.7. The SMILES string of the molecule is Cc1c(NN)ncnc1NCC1(C)CCCS1. The standard InChI is InChI=1S/C11H19N5S/c1-8-9(14-7-15-10(8)16-12)13-6-11(2)4-3-5-17-11/h7H,3-6,12H2,1-2H3,(H2,13,14,15,16). The molecule has 1 saturated heterocycles. The fourth-order valence-electron chi connectivity index (χ4n) is 2.02. The van der Waals surface area contributed by atoms with Gasteiger partial charge in [0.15, 0.2) is 0 Å². The first kappa shape index (κ1) is 12.4. The van der Waals surface area contributed by atoms with Crippen LogP contribution in [-0.2, 0) is 0 Å². The summed E-state index contributed by atoms with van der Waals surface area (Å²) >= 11 is 2.03. The second-order valence-corrected chi connectivity index (χ2v) is 6.28. The van der Waals surface area contributed by atoms with Gasteiger partial charge in [-0.3, -0.25) is 0 Å². The summed E-state index contributed by atoms with van der Waals surface area (Å²) in [4.78, 5) is 8.31. The Morgan fingerprint density at radius 2 is 2.24 bits per heavy atom. The van der Waals surface area contributed by atoms with E-state index < -0.39 is 0 Å². The molecule has 2 heterocycles. The highest BCUT2D eigenvalue weighted by Crippen LogP contribution is 2.37. The Morgan fingerprint density at radius 1 is 1.47 bits per heavy atom. The number of thioether (sulfide) groups is 1. The summed E-state index contributed by atoms with van der Waals surface area (Å²) in [7, 11) is 0. The fraction of sp³-hybridized carbons (Fsp3) is 0.636. The highest BCUT2D eigenvalue weighted by Gasteiger charge is 2.29. The van der Waals surface area contributed by atoms with Crippen LogP contribution in [0.4, 0.5) is 11.6 Å². The molecule has 5 nitrogen and oxygen atoms in total. The molecule has 4 N–H and O–H groups in total. The van der Waals surface area contributed by atoms with Gasteiger partial charge in [-0.25, -0.2) is 15.8 Å². The van der Waals surface area contributed by atoms with E-state index >= 15 is 0 Å². The molecule has 1 aliphatic heterocycles. The number of nitrogens with two attached hydrogens (primary N) is 1. The van der Waals surface area contributed by atoms with Gasteiger partial charge in [0.2, 0.25) is 0 Å². The number of aromatic nitrogens is 2. The molecule has 1 aliphatic rings. The van der Waals surface area contributed by atoms with Crippen LogP contribution in [0.2, 0.25) is 0 Å². The molecule has 2 rings (SSSR count). The maximum atomic E-state index is 5.39. The summed E-state index contributed by atoms with van der Waals surface area (Å²) in [6.45, 7) is 5.19. The minimum atomic E-state index is 0.327. The molecular formula is C11H19N5S. The van der Waals surface area contributed by atoms with Gasteiger partial charge in [0.05, 0.1) is 0 Å². The van der Waals surface area contributed by atoms with Crippen molar-refractivity contribution in [3.8, 4) is 0 Å². The second kappa shape index (κ2) is 5.10. The zero-order valence-corrected chi connectivity index (χ0v) is 11.1. The maximum absolute atomic E-state index is 5.39. The third kappa shape index (κ3) is 2.81. The number of rotatable bonds is 4. The van der Waals surface area contributed by atoms with E-state index in [1.807, 2.05) is 18.7 Å². The van der Waals surface area contributed by atoms with Crippen LogP contribution in [0.1, 0.15) is 25.3 Å². The summed E-state index contributed by atoms with van der Waals surface area (Å²) in [5, 5.41) is 3.40. The molecule has 1 aromatic rings. The van der Waals surface area contributed by atoms with E-state index in [1.165, 1.54) is 24.9 Å². The Balaban J connectivity index is 2.03. The van der Waals surface area contributed by atoms with Crippen molar-refractivity contribution in [3.63, 3.8) is 0 Å². The number of anilines is 2. The number of hydrogen-bond acceptors (Lipinski definition) is 6. The lowest BCUT2D eigenvalue weighted by atomic mass is 10.1. The van der Waals surface area contributed by atoms with Gasteiger partial charge in [-0.05, 0) is 32.4 Å². The van der Waals surface area contributed by atoms with Crippen LogP contribution in [0.5, 0.6) is 0 Å². The minimum Gasteiger partial charge on any atom is -0.368 e. The molecule has 1 fully saturated rings. The van der Waals surface area contributed by atoms with Crippen molar-refractivity contribution in [1.82, 2.24) is 9.97 Å². The maximum Gasteiger partial charge on any atom is 0.148 e. The van der Waals surface area contributed by atoms with E-state index in [1.54, 1.807) is 0 Å². The van der Waals surface area contributed by atoms with Gasteiger partial charge < -0.3 is 10.7 Å². The van der Waals surface area contributed by atoms with Crippen molar-refractivity contribution in [2.24, 2.45) is 5.84 Å². The second-order valence-electron chi connectivity index (χ2n) is 4.60. The monoisotopic (exact) mass is 253 g/mol. The zero-order chi connectivity index (χ0) is 12.3. The molecule has 0 aromatic carbocycles. The summed E-state index contributed by atoms with van der Waals surface area (Å²) in [6.07, 6.45) is 4.09. The van der Waals surface area contributed by atoms with Gasteiger partial charge >= 0.3 is 0 Å². The highest BCUT2D eigenvalue weighted by molar-refractivity contribution is 8.00. The van der Waals surface area contributed by atoms with E-state index in [0.717, 1.165) is 17.9 Å². The van der Waals surface area contributed by atoms with Crippen LogP contribution in [0.15, 0.2) is 6.33 Å². The molecule has 1 atom stereocenters. The number of hydrazine groups is 1. The number of nitrogen functional groups attached to an aromatic ring is 1. The van der Waals surface area contributed by atoms with Crippen LogP contribution >= 0.6 is 11.8 Å². The largest absolute Gasteiger partial charge is 0.368 e. The summed E-state index contributed by atoms with van der Waals surface area (Å²) < 4.78 is 0.327. The van der Waals surface area contributed by atoms with Crippen molar-refractivity contribution in [2.45, 2.75) is 31.4 Å². The smallest absolute Gasteiger partial charge is 0.148 e. The van der Waals surface area contributed by atoms with Crippen molar-refractivity contribution in [3.05, 3.63) is 11.9 Å². The van der Waals surface area contributed by atoms with E-state index in [0.29, 0.717) is 10.6 Å². The summed E-state index contributed by atoms with van der Waals surface area (Å²) in [5.74, 6) is 8.19. The first-order valence-electron chi connectivity index (χ1n) is 5.81. The first-order valence-corrected chi connectivity index (χ1v) is 6.79. The van der Waals surface area contributed by atoms with Gasteiger partial charge in [0.1, 0.15) is 18.0 Å². The third-order valence-corrected chi connectivity index (χ3v) is 4.69. The van der Waals surface area contributed by atoms with Crippen molar-refractivity contribution in [1.29, 1.82) is 0 Å². The Kier molecular flexibility index (Phi) is 3.73. The van der Waals surface area contributed by atoms with E-state index in [9.17, 15) is 0 Å². The van der Waals surface area contributed by atoms with E-state index in [4.69, 9.17) is 5.84 Å². The molecule has 0 amide bonds. The first-order chi connectivity index (χ1) is 8.14. The predicted octanol–water partition coefficient (Wildman–Crippen LogP) is 1.77. The summed E-state index contributed by atoms with van der Waals surface area (Å²) in [5.41, 5.74) is 3.54. The lowest BCUT2D eigenvalue weighted by Gasteiger charge is -2.23. The number of nitrogens with zero attached hydrogens (tertiary/aromatic N) is 2. The molecule has 0 aliphatic carbocycles. The quantitative estimate of drug-likeness (QED) is 0.561. The molecule has 1 aromatic heterocycles. The third-order valence-electron chi connectivity index (χ3n) is 3.15. The molecular weight excluding hydrogens is 234 g/mol. The molecule has 1 unspecified atom stereocenters. The number of nitrogens with one attached hydrogen (secondary N) is 2. The molecule has 94 valence electrons. The Hall–Kier alpha value is -1.01. The van der Waals surface area contributed by atoms with Gasteiger partial charge in [-0.15, -0.1) is 0 Å². The molecule has 0 spiro atoms.